The second kappa shape index (κ2) is 5.67. The molecule has 0 bridgehead atoms. The van der Waals surface area contributed by atoms with Crippen LogP contribution in [0.25, 0.3) is 0 Å². The van der Waals surface area contributed by atoms with Crippen LogP contribution < -0.4 is 5.32 Å². The number of carbonyl (C=O) groups is 1. The molecule has 4 nitrogen and oxygen atoms in total. The van der Waals surface area contributed by atoms with E-state index in [2.05, 4.69) is 10.5 Å². The number of carbonyl (C=O) groups excluding carboxylic acids is 1. The molecule has 1 N–H and O–H groups in total. The van der Waals surface area contributed by atoms with E-state index < -0.39 is 5.38 Å². The summed E-state index contributed by atoms with van der Waals surface area (Å²) in [5, 5.41) is 5.81. The Labute approximate surface area is 123 Å². The summed E-state index contributed by atoms with van der Waals surface area (Å²) in [6.07, 6.45) is 0. The van der Waals surface area contributed by atoms with Gasteiger partial charge in [0, 0.05) is 11.5 Å². The Balaban J connectivity index is 2.07. The number of aromatic nitrogens is 1. The van der Waals surface area contributed by atoms with Crippen molar-refractivity contribution in [2.24, 2.45) is 0 Å². The molecule has 0 fully saturated rings. The highest BCUT2D eigenvalue weighted by Gasteiger charge is 2.22. The van der Waals surface area contributed by atoms with Crippen LogP contribution in [0.4, 0.5) is 5.88 Å². The maximum absolute atomic E-state index is 12.0. The molecule has 1 amide bonds. The summed E-state index contributed by atoms with van der Waals surface area (Å²) in [5.74, 6) is -0.0315. The third kappa shape index (κ3) is 3.39. The fourth-order valence-electron chi connectivity index (χ4n) is 1.65. The average Bonchev–Trinajstić information content (AvgIpc) is 2.87. The molecule has 0 radical (unpaired) electrons. The number of hydrogen-bond donors (Lipinski definition) is 1. The molecule has 2 aromatic rings. The van der Waals surface area contributed by atoms with E-state index in [4.69, 9.17) is 16.1 Å². The predicted octanol–water partition coefficient (Wildman–Crippen LogP) is 3.89. The van der Waals surface area contributed by atoms with Crippen molar-refractivity contribution in [3.8, 4) is 0 Å². The summed E-state index contributed by atoms with van der Waals surface area (Å²) < 4.78 is 5.11. The number of alkyl halides is 1. The zero-order valence-corrected chi connectivity index (χ0v) is 12.4. The zero-order chi connectivity index (χ0) is 14.8. The smallest absolute Gasteiger partial charge is 0.249 e. The Bertz CT molecular complexity index is 587. The van der Waals surface area contributed by atoms with Crippen molar-refractivity contribution in [1.29, 1.82) is 0 Å². The molecular weight excluding hydrogens is 276 g/mol. The Hall–Kier alpha value is -1.81. The highest BCUT2D eigenvalue weighted by molar-refractivity contribution is 6.32. The monoisotopic (exact) mass is 292 g/mol. The number of nitrogens with one attached hydrogen (secondary N) is 1. The molecule has 1 atom stereocenters. The summed E-state index contributed by atoms with van der Waals surface area (Å²) in [7, 11) is 0. The normalized spacial score (nSPS) is 13.0. The molecule has 5 heteroatoms. The van der Waals surface area contributed by atoms with Crippen molar-refractivity contribution < 1.29 is 9.32 Å². The van der Waals surface area contributed by atoms with Gasteiger partial charge in [0.15, 0.2) is 0 Å². The van der Waals surface area contributed by atoms with Gasteiger partial charge in [0.1, 0.15) is 5.38 Å². The van der Waals surface area contributed by atoms with Crippen LogP contribution in [0.5, 0.6) is 0 Å². The van der Waals surface area contributed by atoms with Crippen LogP contribution in [0.2, 0.25) is 0 Å². The predicted molar refractivity (Wildman–Crippen MR) is 78.9 cm³/mol. The first-order chi connectivity index (χ1) is 9.38. The van der Waals surface area contributed by atoms with E-state index in [0.717, 1.165) is 11.3 Å². The van der Waals surface area contributed by atoms with Crippen LogP contribution >= 0.6 is 11.6 Å². The quantitative estimate of drug-likeness (QED) is 0.873. The maximum Gasteiger partial charge on any atom is 0.249 e. The minimum absolute atomic E-state index is 0.133. The van der Waals surface area contributed by atoms with Crippen molar-refractivity contribution in [3.05, 3.63) is 47.7 Å². The minimum Gasteiger partial charge on any atom is -0.338 e. The van der Waals surface area contributed by atoms with Gasteiger partial charge in [-0.1, -0.05) is 56.3 Å². The lowest BCUT2D eigenvalue weighted by Crippen LogP contribution is -2.17. The molecule has 2 rings (SSSR count). The van der Waals surface area contributed by atoms with E-state index in [1.54, 1.807) is 18.2 Å². The van der Waals surface area contributed by atoms with E-state index >= 15 is 0 Å². The molecule has 0 saturated carbocycles. The fraction of sp³-hybridized carbons (Fsp3) is 0.333. The molecule has 20 heavy (non-hydrogen) atoms. The van der Waals surface area contributed by atoms with Gasteiger partial charge in [0.05, 0.1) is 5.69 Å². The van der Waals surface area contributed by atoms with Gasteiger partial charge in [0.25, 0.3) is 0 Å². The molecule has 1 aromatic carbocycles. The number of nitrogens with zero attached hydrogens (tertiary/aromatic N) is 1. The van der Waals surface area contributed by atoms with Crippen molar-refractivity contribution in [2.75, 3.05) is 5.32 Å². The number of anilines is 1. The summed E-state index contributed by atoms with van der Waals surface area (Å²) in [4.78, 5) is 12.0. The van der Waals surface area contributed by atoms with Crippen molar-refractivity contribution in [1.82, 2.24) is 5.16 Å². The number of amides is 1. The molecule has 0 aliphatic heterocycles. The molecule has 0 spiro atoms. The van der Waals surface area contributed by atoms with Gasteiger partial charge in [-0.2, -0.15) is 0 Å². The first kappa shape index (κ1) is 14.6. The van der Waals surface area contributed by atoms with Crippen LogP contribution in [0.15, 0.2) is 40.9 Å². The second-order valence-electron chi connectivity index (χ2n) is 5.59. The van der Waals surface area contributed by atoms with Gasteiger partial charge < -0.3 is 4.52 Å². The largest absolute Gasteiger partial charge is 0.338 e. The lowest BCUT2D eigenvalue weighted by molar-refractivity contribution is -0.116. The number of hydrogen-bond acceptors (Lipinski definition) is 3. The van der Waals surface area contributed by atoms with Crippen molar-refractivity contribution in [2.45, 2.75) is 31.6 Å². The first-order valence-electron chi connectivity index (χ1n) is 6.35. The van der Waals surface area contributed by atoms with Crippen LogP contribution in [-0.2, 0) is 10.2 Å². The van der Waals surface area contributed by atoms with Crippen molar-refractivity contribution >= 4 is 23.4 Å². The van der Waals surface area contributed by atoms with E-state index in [1.165, 1.54) is 0 Å². The lowest BCUT2D eigenvalue weighted by Gasteiger charge is -2.12. The highest BCUT2D eigenvalue weighted by atomic mass is 35.5. The van der Waals surface area contributed by atoms with Crippen LogP contribution in [-0.4, -0.2) is 11.1 Å². The third-order valence-corrected chi connectivity index (χ3v) is 3.30. The van der Waals surface area contributed by atoms with E-state index in [0.29, 0.717) is 5.88 Å². The first-order valence-corrected chi connectivity index (χ1v) is 6.78. The zero-order valence-electron chi connectivity index (χ0n) is 11.7. The third-order valence-electron chi connectivity index (χ3n) is 2.85. The number of benzene rings is 1. The molecule has 0 saturated heterocycles. The Kier molecular flexibility index (Phi) is 4.14. The Morgan fingerprint density at radius 2 is 1.95 bits per heavy atom. The minimum atomic E-state index is -0.764. The molecule has 0 aliphatic carbocycles. The summed E-state index contributed by atoms with van der Waals surface area (Å²) in [6.45, 7) is 6.06. The fourth-order valence-corrected chi connectivity index (χ4v) is 1.85. The highest BCUT2D eigenvalue weighted by Crippen LogP contribution is 2.26. The van der Waals surface area contributed by atoms with Crippen LogP contribution in [0, 0.1) is 0 Å². The SMILES string of the molecule is CC(C)(C)c1cc(NC(=O)C(Cl)c2ccccc2)on1. The van der Waals surface area contributed by atoms with Crippen molar-refractivity contribution in [3.63, 3.8) is 0 Å². The maximum atomic E-state index is 12.0. The molecule has 0 aliphatic rings. The molecule has 1 heterocycles. The number of halogens is 1. The molecule has 1 unspecified atom stereocenters. The van der Waals surface area contributed by atoms with Gasteiger partial charge in [-0.05, 0) is 5.56 Å². The average molecular weight is 293 g/mol. The van der Waals surface area contributed by atoms with Crippen LogP contribution in [0.1, 0.15) is 37.4 Å². The van der Waals surface area contributed by atoms with Gasteiger partial charge in [-0.3, -0.25) is 10.1 Å². The summed E-state index contributed by atoms with van der Waals surface area (Å²) in [6, 6.07) is 10.9. The van der Waals surface area contributed by atoms with E-state index in [9.17, 15) is 4.79 Å². The Morgan fingerprint density at radius 3 is 2.50 bits per heavy atom. The van der Waals surface area contributed by atoms with Gasteiger partial charge in [-0.15, -0.1) is 11.6 Å². The number of rotatable bonds is 3. The topological polar surface area (TPSA) is 55.1 Å². The second-order valence-corrected chi connectivity index (χ2v) is 6.03. The van der Waals surface area contributed by atoms with E-state index in [-0.39, 0.29) is 11.3 Å². The van der Waals surface area contributed by atoms with Gasteiger partial charge in [0.2, 0.25) is 11.8 Å². The summed E-state index contributed by atoms with van der Waals surface area (Å²) in [5.41, 5.74) is 1.38. The standard InChI is InChI=1S/C15H17ClN2O2/c1-15(2,3)11-9-12(20-18-11)17-14(19)13(16)10-7-5-4-6-8-10/h4-9,13H,1-3H3,(H,17,19). The lowest BCUT2D eigenvalue weighted by atomic mass is 9.92. The Morgan fingerprint density at radius 1 is 1.30 bits per heavy atom. The molecule has 1 aromatic heterocycles. The van der Waals surface area contributed by atoms with Gasteiger partial charge in [-0.25, -0.2) is 0 Å². The summed E-state index contributed by atoms with van der Waals surface area (Å²) >= 11 is 6.13. The molecular formula is C15H17ClN2O2. The van der Waals surface area contributed by atoms with Crippen LogP contribution in [0.3, 0.4) is 0 Å². The van der Waals surface area contributed by atoms with Gasteiger partial charge >= 0.3 is 0 Å². The molecule has 106 valence electrons. The van der Waals surface area contributed by atoms with E-state index in [1.807, 2.05) is 39.0 Å².